The second-order valence-electron chi connectivity index (χ2n) is 6.89. The maximum atomic E-state index is 5.35. The van der Waals surface area contributed by atoms with Crippen molar-refractivity contribution in [3.05, 3.63) is 59.2 Å². The molecule has 0 aliphatic heterocycles. The summed E-state index contributed by atoms with van der Waals surface area (Å²) in [5.41, 5.74) is 4.53. The third-order valence-corrected chi connectivity index (χ3v) is 4.51. The van der Waals surface area contributed by atoms with Crippen molar-refractivity contribution in [1.82, 2.24) is 10.3 Å². The van der Waals surface area contributed by atoms with Crippen LogP contribution in [0.3, 0.4) is 0 Å². The molecule has 3 rings (SSSR count). The van der Waals surface area contributed by atoms with Crippen LogP contribution in [0.1, 0.15) is 16.7 Å². The first-order valence-corrected chi connectivity index (χ1v) is 9.00. The number of nitrogens with zero attached hydrogens (tertiary/aromatic N) is 2. The normalized spacial score (nSPS) is 10.9. The Labute approximate surface area is 160 Å². The molecule has 0 atom stereocenters. The minimum absolute atomic E-state index is 0.715. The van der Waals surface area contributed by atoms with Crippen molar-refractivity contribution in [2.75, 3.05) is 33.2 Å². The van der Waals surface area contributed by atoms with E-state index in [1.165, 1.54) is 11.1 Å². The van der Waals surface area contributed by atoms with E-state index in [4.69, 9.17) is 14.5 Å². The van der Waals surface area contributed by atoms with Crippen LogP contribution in [-0.2, 0) is 13.1 Å². The van der Waals surface area contributed by atoms with E-state index in [0.29, 0.717) is 6.54 Å². The summed E-state index contributed by atoms with van der Waals surface area (Å²) in [4.78, 5) is 6.92. The number of pyridine rings is 1. The van der Waals surface area contributed by atoms with Gasteiger partial charge in [-0.25, -0.2) is 4.98 Å². The summed E-state index contributed by atoms with van der Waals surface area (Å²) < 4.78 is 10.7. The van der Waals surface area contributed by atoms with Gasteiger partial charge >= 0.3 is 0 Å². The van der Waals surface area contributed by atoms with Crippen LogP contribution in [0.15, 0.2) is 42.5 Å². The molecule has 0 amide bonds. The highest BCUT2D eigenvalue weighted by molar-refractivity contribution is 5.82. The van der Waals surface area contributed by atoms with E-state index in [9.17, 15) is 0 Å². The van der Waals surface area contributed by atoms with Gasteiger partial charge < -0.3 is 19.7 Å². The molecule has 1 N–H and O–H groups in total. The van der Waals surface area contributed by atoms with E-state index in [1.807, 2.05) is 32.3 Å². The first kappa shape index (κ1) is 19.0. The molecule has 142 valence electrons. The highest BCUT2D eigenvalue weighted by Crippen LogP contribution is 2.24. The second-order valence-corrected chi connectivity index (χ2v) is 6.89. The molecule has 0 spiro atoms. The van der Waals surface area contributed by atoms with Crippen molar-refractivity contribution >= 4 is 16.7 Å². The lowest BCUT2D eigenvalue weighted by molar-refractivity contribution is 0.393. The molecule has 0 aliphatic rings. The van der Waals surface area contributed by atoms with Gasteiger partial charge in [-0.1, -0.05) is 12.1 Å². The van der Waals surface area contributed by atoms with Gasteiger partial charge in [-0.05, 0) is 42.3 Å². The SMILES string of the molecule is COc1cc(CNCc2cc3ccc(C)cc3nc2N(C)C)cc(OC)c1. The third kappa shape index (κ3) is 4.49. The molecule has 0 unspecified atom stereocenters. The van der Waals surface area contributed by atoms with Gasteiger partial charge in [0.15, 0.2) is 0 Å². The first-order chi connectivity index (χ1) is 13.0. The molecular weight excluding hydrogens is 338 g/mol. The van der Waals surface area contributed by atoms with E-state index in [1.54, 1.807) is 14.2 Å². The first-order valence-electron chi connectivity index (χ1n) is 9.00. The van der Waals surface area contributed by atoms with Crippen molar-refractivity contribution in [3.63, 3.8) is 0 Å². The number of methoxy groups -OCH3 is 2. The lowest BCUT2D eigenvalue weighted by Crippen LogP contribution is -2.18. The molecular formula is C22H27N3O2. The average molecular weight is 365 g/mol. The number of aromatic nitrogens is 1. The molecule has 1 aromatic heterocycles. The van der Waals surface area contributed by atoms with Crippen LogP contribution < -0.4 is 19.7 Å². The zero-order chi connectivity index (χ0) is 19.4. The summed E-state index contributed by atoms with van der Waals surface area (Å²) in [6.07, 6.45) is 0. The average Bonchev–Trinajstić information content (AvgIpc) is 2.67. The number of benzene rings is 2. The monoisotopic (exact) mass is 365 g/mol. The number of fused-ring (bicyclic) bond motifs is 1. The Morgan fingerprint density at radius 2 is 1.63 bits per heavy atom. The molecule has 0 bridgehead atoms. The van der Waals surface area contributed by atoms with Gasteiger partial charge in [-0.2, -0.15) is 0 Å². The van der Waals surface area contributed by atoms with Gasteiger partial charge in [-0.15, -0.1) is 0 Å². The number of ether oxygens (including phenoxy) is 2. The van der Waals surface area contributed by atoms with Crippen LogP contribution in [-0.4, -0.2) is 33.3 Å². The molecule has 0 saturated heterocycles. The summed E-state index contributed by atoms with van der Waals surface area (Å²) in [5, 5.41) is 4.67. The maximum absolute atomic E-state index is 5.35. The predicted octanol–water partition coefficient (Wildman–Crippen LogP) is 3.92. The number of nitrogens with one attached hydrogen (secondary N) is 1. The largest absolute Gasteiger partial charge is 0.497 e. The van der Waals surface area contributed by atoms with E-state index < -0.39 is 0 Å². The highest BCUT2D eigenvalue weighted by atomic mass is 16.5. The topological polar surface area (TPSA) is 46.6 Å². The highest BCUT2D eigenvalue weighted by Gasteiger charge is 2.10. The number of hydrogen-bond acceptors (Lipinski definition) is 5. The van der Waals surface area contributed by atoms with Crippen LogP contribution in [0.5, 0.6) is 11.5 Å². The van der Waals surface area contributed by atoms with Crippen molar-refractivity contribution in [3.8, 4) is 11.5 Å². The van der Waals surface area contributed by atoms with Gasteiger partial charge in [0.1, 0.15) is 17.3 Å². The fourth-order valence-corrected chi connectivity index (χ4v) is 3.14. The molecule has 3 aromatic rings. The van der Waals surface area contributed by atoms with Crippen LogP contribution in [0, 0.1) is 6.92 Å². The fraction of sp³-hybridized carbons (Fsp3) is 0.318. The minimum Gasteiger partial charge on any atom is -0.497 e. The Hall–Kier alpha value is -2.79. The van der Waals surface area contributed by atoms with Crippen molar-refractivity contribution in [2.45, 2.75) is 20.0 Å². The molecule has 2 aromatic carbocycles. The van der Waals surface area contributed by atoms with E-state index in [-0.39, 0.29) is 0 Å². The second kappa shape index (κ2) is 8.27. The number of aryl methyl sites for hydroxylation is 1. The van der Waals surface area contributed by atoms with Crippen LogP contribution >= 0.6 is 0 Å². The Morgan fingerprint density at radius 3 is 2.26 bits per heavy atom. The van der Waals surface area contributed by atoms with Gasteiger partial charge in [0, 0.05) is 44.2 Å². The van der Waals surface area contributed by atoms with Crippen molar-refractivity contribution in [1.29, 1.82) is 0 Å². The number of hydrogen-bond donors (Lipinski definition) is 1. The molecule has 1 heterocycles. The third-order valence-electron chi connectivity index (χ3n) is 4.51. The van der Waals surface area contributed by atoms with Crippen LogP contribution in [0.25, 0.3) is 10.9 Å². The Bertz CT molecular complexity index is 916. The summed E-state index contributed by atoms with van der Waals surface area (Å²) in [5.74, 6) is 2.58. The Morgan fingerprint density at radius 1 is 0.926 bits per heavy atom. The predicted molar refractivity (Wildman–Crippen MR) is 111 cm³/mol. The molecule has 0 radical (unpaired) electrons. The molecule has 0 saturated carbocycles. The smallest absolute Gasteiger partial charge is 0.133 e. The van der Waals surface area contributed by atoms with Gasteiger partial charge in [-0.3, -0.25) is 0 Å². The standard InChI is InChI=1S/C22H27N3O2/c1-15-6-7-17-11-18(22(25(2)3)24-21(17)8-15)14-23-13-16-9-19(26-4)12-20(10-16)27-5/h6-12,23H,13-14H2,1-5H3. The van der Waals surface area contributed by atoms with E-state index in [0.717, 1.165) is 40.3 Å². The van der Waals surface area contributed by atoms with Crippen molar-refractivity contribution < 1.29 is 9.47 Å². The Balaban J connectivity index is 1.80. The number of anilines is 1. The van der Waals surface area contributed by atoms with Gasteiger partial charge in [0.25, 0.3) is 0 Å². The molecule has 0 aliphatic carbocycles. The minimum atomic E-state index is 0.715. The summed E-state index contributed by atoms with van der Waals surface area (Å²) >= 11 is 0. The van der Waals surface area contributed by atoms with Crippen LogP contribution in [0.2, 0.25) is 0 Å². The zero-order valence-corrected chi connectivity index (χ0v) is 16.7. The molecule has 5 nitrogen and oxygen atoms in total. The van der Waals surface area contributed by atoms with E-state index in [2.05, 4.69) is 41.4 Å². The summed E-state index contributed by atoms with van der Waals surface area (Å²) in [6.45, 7) is 3.53. The molecule has 27 heavy (non-hydrogen) atoms. The zero-order valence-electron chi connectivity index (χ0n) is 16.7. The lowest BCUT2D eigenvalue weighted by atomic mass is 10.1. The van der Waals surface area contributed by atoms with E-state index >= 15 is 0 Å². The summed E-state index contributed by atoms with van der Waals surface area (Å²) in [6, 6.07) is 14.5. The quantitative estimate of drug-likeness (QED) is 0.688. The van der Waals surface area contributed by atoms with Crippen molar-refractivity contribution in [2.24, 2.45) is 0 Å². The van der Waals surface area contributed by atoms with Gasteiger partial charge in [0.05, 0.1) is 19.7 Å². The maximum Gasteiger partial charge on any atom is 0.133 e. The van der Waals surface area contributed by atoms with Gasteiger partial charge in [0.2, 0.25) is 0 Å². The molecule has 5 heteroatoms. The Kier molecular flexibility index (Phi) is 5.81. The lowest BCUT2D eigenvalue weighted by Gasteiger charge is -2.18. The number of rotatable bonds is 7. The molecule has 0 fully saturated rings. The summed E-state index contributed by atoms with van der Waals surface area (Å²) in [7, 11) is 7.39. The van der Waals surface area contributed by atoms with Crippen LogP contribution in [0.4, 0.5) is 5.82 Å². The fourth-order valence-electron chi connectivity index (χ4n) is 3.14.